The Morgan fingerprint density at radius 1 is 0.944 bits per heavy atom. The van der Waals surface area contributed by atoms with Gasteiger partial charge in [-0.15, -0.1) is 11.3 Å². The Morgan fingerprint density at radius 2 is 1.67 bits per heavy atom. The molecule has 0 aliphatic rings. The van der Waals surface area contributed by atoms with Crippen LogP contribution in [0.15, 0.2) is 60.2 Å². The summed E-state index contributed by atoms with van der Waals surface area (Å²) in [5.41, 5.74) is 3.86. The molecular formula is C27H27F3N4OS. The molecule has 1 N–H and O–H groups in total. The first-order chi connectivity index (χ1) is 17.3. The van der Waals surface area contributed by atoms with Gasteiger partial charge in [0.2, 0.25) is 0 Å². The molecule has 5 nitrogen and oxygen atoms in total. The fourth-order valence-electron chi connectivity index (χ4n) is 3.85. The number of nitrogens with zero attached hydrogens (tertiary/aromatic N) is 3. The van der Waals surface area contributed by atoms with Crippen molar-refractivity contribution in [2.75, 3.05) is 12.4 Å². The van der Waals surface area contributed by atoms with Crippen LogP contribution in [0.2, 0.25) is 0 Å². The van der Waals surface area contributed by atoms with Gasteiger partial charge in [-0.3, -0.25) is 0 Å². The molecule has 0 spiro atoms. The molecule has 0 amide bonds. The van der Waals surface area contributed by atoms with E-state index in [4.69, 9.17) is 4.74 Å². The Bertz CT molecular complexity index is 1270. The number of ether oxygens (including phenoxy) is 1. The second-order valence-corrected chi connectivity index (χ2v) is 9.40. The molecule has 2 aromatic heterocycles. The highest BCUT2D eigenvalue weighted by Gasteiger charge is 2.33. The van der Waals surface area contributed by atoms with E-state index in [2.05, 4.69) is 51.5 Å². The molecule has 2 heterocycles. The number of unbranched alkanes of at least 4 members (excludes halogenated alkanes) is 2. The fourth-order valence-corrected chi connectivity index (χ4v) is 4.59. The second-order valence-electron chi connectivity index (χ2n) is 8.54. The molecule has 0 aliphatic heterocycles. The normalized spacial score (nSPS) is 11.5. The average molecular weight is 513 g/mol. The van der Waals surface area contributed by atoms with Gasteiger partial charge in [0.25, 0.3) is 0 Å². The summed E-state index contributed by atoms with van der Waals surface area (Å²) in [6.45, 7) is 2.05. The molecular weight excluding hydrogens is 485 g/mol. The zero-order valence-electron chi connectivity index (χ0n) is 20.1. The Kier molecular flexibility index (Phi) is 8.20. The van der Waals surface area contributed by atoms with E-state index in [9.17, 15) is 13.2 Å². The summed E-state index contributed by atoms with van der Waals surface area (Å²) in [7, 11) is 1.48. The number of aryl methyl sites for hydroxylation is 3. The van der Waals surface area contributed by atoms with Crippen molar-refractivity contribution >= 4 is 22.2 Å². The van der Waals surface area contributed by atoms with Gasteiger partial charge in [-0.05, 0) is 55.9 Å². The summed E-state index contributed by atoms with van der Waals surface area (Å²) in [4.78, 5) is 12.6. The van der Waals surface area contributed by atoms with Crippen molar-refractivity contribution < 1.29 is 17.9 Å². The molecule has 0 unspecified atom stereocenters. The van der Waals surface area contributed by atoms with Crippen molar-refractivity contribution in [3.8, 4) is 17.3 Å². The minimum atomic E-state index is -4.43. The van der Waals surface area contributed by atoms with E-state index in [0.717, 1.165) is 19.3 Å². The predicted molar refractivity (Wildman–Crippen MR) is 137 cm³/mol. The van der Waals surface area contributed by atoms with Crippen LogP contribution in [-0.4, -0.2) is 22.1 Å². The van der Waals surface area contributed by atoms with Gasteiger partial charge in [0.15, 0.2) is 5.13 Å². The van der Waals surface area contributed by atoms with Gasteiger partial charge < -0.3 is 10.1 Å². The van der Waals surface area contributed by atoms with E-state index in [-0.39, 0.29) is 6.01 Å². The number of nitrogens with one attached hydrogen (secondary N) is 1. The van der Waals surface area contributed by atoms with Gasteiger partial charge in [-0.1, -0.05) is 42.3 Å². The number of rotatable bonds is 10. The fraction of sp³-hybridized carbons (Fsp3) is 0.296. The van der Waals surface area contributed by atoms with Crippen molar-refractivity contribution in [1.82, 2.24) is 15.0 Å². The Balaban J connectivity index is 1.37. The highest BCUT2D eigenvalue weighted by Crippen LogP contribution is 2.36. The van der Waals surface area contributed by atoms with Crippen molar-refractivity contribution in [3.63, 3.8) is 0 Å². The third kappa shape index (κ3) is 6.81. The van der Waals surface area contributed by atoms with Crippen LogP contribution < -0.4 is 10.1 Å². The largest absolute Gasteiger partial charge is 0.467 e. The van der Waals surface area contributed by atoms with Gasteiger partial charge in [0.1, 0.15) is 0 Å². The number of thiazole rings is 1. The lowest BCUT2D eigenvalue weighted by Crippen LogP contribution is -2.10. The van der Waals surface area contributed by atoms with E-state index in [1.165, 1.54) is 35.6 Å². The van der Waals surface area contributed by atoms with Gasteiger partial charge in [-0.2, -0.15) is 13.2 Å². The molecule has 9 heteroatoms. The van der Waals surface area contributed by atoms with Crippen LogP contribution >= 0.6 is 11.3 Å². The number of methoxy groups -OCH3 is 1. The Hall–Kier alpha value is -3.46. The molecule has 36 heavy (non-hydrogen) atoms. The van der Waals surface area contributed by atoms with E-state index < -0.39 is 11.7 Å². The maximum Gasteiger partial charge on any atom is 0.416 e. The van der Waals surface area contributed by atoms with Gasteiger partial charge in [0, 0.05) is 29.0 Å². The zero-order chi connectivity index (χ0) is 25.5. The number of hydrogen-bond donors (Lipinski definition) is 1. The monoisotopic (exact) mass is 512 g/mol. The zero-order valence-corrected chi connectivity index (χ0v) is 20.9. The average Bonchev–Trinajstić information content (AvgIpc) is 3.33. The Morgan fingerprint density at radius 3 is 2.36 bits per heavy atom. The van der Waals surface area contributed by atoms with E-state index >= 15 is 0 Å². The van der Waals surface area contributed by atoms with Gasteiger partial charge in [0.05, 0.1) is 18.4 Å². The number of anilines is 2. The SMILES string of the molecule is COc1ncc(-c2csc(Nc3ccc(CCCCCc4ccc(C)cc4)c(C(F)(F)F)c3)n2)cn1. The summed E-state index contributed by atoms with van der Waals surface area (Å²) in [5, 5.41) is 5.28. The number of benzene rings is 2. The standard InChI is InChI=1S/C27H27F3N4OS/c1-18-8-10-19(11-9-18)6-4-3-5-7-20-12-13-22(14-23(20)27(28,29)30)33-26-34-24(17-36-26)21-15-31-25(35-2)32-16-21/h8-17H,3-7H2,1-2H3,(H,33,34). The smallest absolute Gasteiger partial charge is 0.416 e. The first-order valence-electron chi connectivity index (χ1n) is 11.7. The molecule has 0 radical (unpaired) electrons. The van der Waals surface area contributed by atoms with Crippen LogP contribution in [0.25, 0.3) is 11.3 Å². The van der Waals surface area contributed by atoms with Gasteiger partial charge >= 0.3 is 12.2 Å². The summed E-state index contributed by atoms with van der Waals surface area (Å²) in [6, 6.07) is 13.0. The van der Waals surface area contributed by atoms with E-state index in [0.29, 0.717) is 40.5 Å². The van der Waals surface area contributed by atoms with Crippen LogP contribution in [0.3, 0.4) is 0 Å². The highest BCUT2D eigenvalue weighted by atomic mass is 32.1. The summed E-state index contributed by atoms with van der Waals surface area (Å²) >= 11 is 1.29. The maximum absolute atomic E-state index is 13.8. The van der Waals surface area contributed by atoms with Crippen molar-refractivity contribution in [2.24, 2.45) is 0 Å². The molecule has 2 aromatic carbocycles. The number of halogens is 3. The first-order valence-corrected chi connectivity index (χ1v) is 12.5. The number of alkyl halides is 3. The minimum absolute atomic E-state index is 0.248. The lowest BCUT2D eigenvalue weighted by atomic mass is 9.98. The summed E-state index contributed by atoms with van der Waals surface area (Å²) in [6.07, 6.45) is 2.61. The Labute approximate surface area is 212 Å². The topological polar surface area (TPSA) is 59.9 Å². The molecule has 0 saturated heterocycles. The molecule has 4 rings (SSSR count). The third-order valence-corrected chi connectivity index (χ3v) is 6.57. The molecule has 0 bridgehead atoms. The molecule has 4 aromatic rings. The van der Waals surface area contributed by atoms with Crippen LogP contribution in [0, 0.1) is 6.92 Å². The molecule has 188 valence electrons. The van der Waals surface area contributed by atoms with Crippen LogP contribution in [0.5, 0.6) is 6.01 Å². The first kappa shape index (κ1) is 25.6. The molecule has 0 fully saturated rings. The van der Waals surface area contributed by atoms with E-state index in [1.54, 1.807) is 29.9 Å². The van der Waals surface area contributed by atoms with Crippen LogP contribution in [-0.2, 0) is 19.0 Å². The van der Waals surface area contributed by atoms with Crippen molar-refractivity contribution in [3.05, 3.63) is 82.5 Å². The maximum atomic E-state index is 13.8. The molecule has 0 aliphatic carbocycles. The molecule has 0 atom stereocenters. The number of hydrogen-bond acceptors (Lipinski definition) is 6. The summed E-state index contributed by atoms with van der Waals surface area (Å²) in [5.74, 6) is 0. The minimum Gasteiger partial charge on any atom is -0.467 e. The summed E-state index contributed by atoms with van der Waals surface area (Å²) < 4.78 is 46.4. The van der Waals surface area contributed by atoms with Crippen LogP contribution in [0.1, 0.15) is 41.5 Å². The lowest BCUT2D eigenvalue weighted by Gasteiger charge is -2.15. The molecule has 0 saturated carbocycles. The van der Waals surface area contributed by atoms with Gasteiger partial charge in [-0.25, -0.2) is 15.0 Å². The second kappa shape index (κ2) is 11.5. The van der Waals surface area contributed by atoms with Crippen molar-refractivity contribution in [1.29, 1.82) is 0 Å². The van der Waals surface area contributed by atoms with Crippen molar-refractivity contribution in [2.45, 2.75) is 45.2 Å². The van der Waals surface area contributed by atoms with Crippen LogP contribution in [0.4, 0.5) is 24.0 Å². The lowest BCUT2D eigenvalue weighted by molar-refractivity contribution is -0.138. The highest BCUT2D eigenvalue weighted by molar-refractivity contribution is 7.14. The quantitative estimate of drug-likeness (QED) is 0.221. The van der Waals surface area contributed by atoms with E-state index in [1.807, 2.05) is 0 Å². The number of aromatic nitrogens is 3. The predicted octanol–water partition coefficient (Wildman–Crippen LogP) is 7.64. The third-order valence-electron chi connectivity index (χ3n) is 5.81.